The Morgan fingerprint density at radius 1 is 1.08 bits per heavy atom. The van der Waals surface area contributed by atoms with Gasteiger partial charge in [-0.2, -0.15) is 4.31 Å². The summed E-state index contributed by atoms with van der Waals surface area (Å²) in [6.07, 6.45) is 1.67. The summed E-state index contributed by atoms with van der Waals surface area (Å²) in [6.45, 7) is 1.89. The van der Waals surface area contributed by atoms with E-state index >= 15 is 0 Å². The van der Waals surface area contributed by atoms with Crippen LogP contribution in [0.5, 0.6) is 17.2 Å². The second kappa shape index (κ2) is 9.47. The second-order valence-corrected chi connectivity index (χ2v) is 7.64. The van der Waals surface area contributed by atoms with E-state index in [0.717, 1.165) is 19.4 Å². The van der Waals surface area contributed by atoms with Crippen LogP contribution in [0.25, 0.3) is 0 Å². The number of rotatable bonds is 7. The standard InChI is InChI=1S/C16H26N2O5S.ClH/c1-17-11-12-5-7-18(8-6-12)24(19,20)16-14(22-3)9-13(21-2)10-15(16)23-4;/h9-10,12,17H,5-8,11H2,1-4H3;1H. The Labute approximate surface area is 156 Å². The molecule has 1 aliphatic heterocycles. The normalized spacial score (nSPS) is 16.2. The van der Waals surface area contributed by atoms with E-state index in [-0.39, 0.29) is 28.8 Å². The molecule has 0 spiro atoms. The van der Waals surface area contributed by atoms with Crippen LogP contribution in [0, 0.1) is 5.92 Å². The van der Waals surface area contributed by atoms with E-state index in [0.29, 0.717) is 24.8 Å². The zero-order chi connectivity index (χ0) is 17.7. The van der Waals surface area contributed by atoms with Crippen LogP contribution in [0.3, 0.4) is 0 Å². The monoisotopic (exact) mass is 394 g/mol. The molecule has 25 heavy (non-hydrogen) atoms. The predicted octanol–water partition coefficient (Wildman–Crippen LogP) is 1.75. The number of sulfonamides is 1. The third-order valence-corrected chi connectivity index (χ3v) is 6.30. The molecule has 0 unspecified atom stereocenters. The van der Waals surface area contributed by atoms with Gasteiger partial charge < -0.3 is 19.5 Å². The Bertz CT molecular complexity index is 635. The third kappa shape index (κ3) is 4.69. The van der Waals surface area contributed by atoms with Crippen molar-refractivity contribution < 1.29 is 22.6 Å². The first-order valence-electron chi connectivity index (χ1n) is 7.92. The van der Waals surface area contributed by atoms with Crippen molar-refractivity contribution in [1.29, 1.82) is 0 Å². The van der Waals surface area contributed by atoms with Gasteiger partial charge in [0.2, 0.25) is 10.0 Å². The summed E-state index contributed by atoms with van der Waals surface area (Å²) in [6, 6.07) is 3.12. The lowest BCUT2D eigenvalue weighted by atomic mass is 9.98. The van der Waals surface area contributed by atoms with Crippen LogP contribution in [0.1, 0.15) is 12.8 Å². The zero-order valence-electron chi connectivity index (χ0n) is 15.1. The van der Waals surface area contributed by atoms with Crippen LogP contribution in [0.2, 0.25) is 0 Å². The number of nitrogens with one attached hydrogen (secondary N) is 1. The third-order valence-electron chi connectivity index (χ3n) is 4.33. The van der Waals surface area contributed by atoms with Gasteiger partial charge in [0.1, 0.15) is 17.2 Å². The number of nitrogens with zero attached hydrogens (tertiary/aromatic N) is 1. The summed E-state index contributed by atoms with van der Waals surface area (Å²) in [5, 5.41) is 3.15. The molecule has 0 atom stereocenters. The lowest BCUT2D eigenvalue weighted by Gasteiger charge is -2.31. The summed E-state index contributed by atoms with van der Waals surface area (Å²) in [7, 11) is 2.59. The summed E-state index contributed by atoms with van der Waals surface area (Å²) >= 11 is 0. The molecule has 1 N–H and O–H groups in total. The molecule has 0 amide bonds. The fourth-order valence-electron chi connectivity index (χ4n) is 3.00. The zero-order valence-corrected chi connectivity index (χ0v) is 16.7. The number of methoxy groups -OCH3 is 3. The fraction of sp³-hybridized carbons (Fsp3) is 0.625. The summed E-state index contributed by atoms with van der Waals surface area (Å²) in [5.74, 6) is 1.43. The minimum absolute atomic E-state index is 0. The van der Waals surface area contributed by atoms with Crippen molar-refractivity contribution >= 4 is 22.4 Å². The summed E-state index contributed by atoms with van der Waals surface area (Å²) < 4.78 is 43.5. The van der Waals surface area contributed by atoms with Gasteiger partial charge in [-0.1, -0.05) is 0 Å². The molecule has 0 aliphatic carbocycles. The van der Waals surface area contributed by atoms with E-state index in [9.17, 15) is 8.42 Å². The fourth-order valence-corrected chi connectivity index (χ4v) is 4.74. The molecule has 1 aromatic rings. The van der Waals surface area contributed by atoms with Crippen LogP contribution >= 0.6 is 12.4 Å². The molecule has 1 aliphatic rings. The van der Waals surface area contributed by atoms with Crippen LogP contribution in [0.4, 0.5) is 0 Å². The van der Waals surface area contributed by atoms with E-state index in [1.165, 1.54) is 25.6 Å². The quantitative estimate of drug-likeness (QED) is 0.759. The average molecular weight is 395 g/mol. The van der Waals surface area contributed by atoms with Crippen molar-refractivity contribution in [2.24, 2.45) is 5.92 Å². The highest BCUT2D eigenvalue weighted by molar-refractivity contribution is 7.89. The second-order valence-electron chi connectivity index (χ2n) is 5.77. The molecular formula is C16H27ClN2O5S. The summed E-state index contributed by atoms with van der Waals surface area (Å²) in [4.78, 5) is 0.0559. The molecular weight excluding hydrogens is 368 g/mol. The van der Waals surface area contributed by atoms with Gasteiger partial charge in [0.05, 0.1) is 21.3 Å². The largest absolute Gasteiger partial charge is 0.496 e. The predicted molar refractivity (Wildman–Crippen MR) is 98.8 cm³/mol. The van der Waals surface area contributed by atoms with E-state index in [2.05, 4.69) is 5.32 Å². The van der Waals surface area contributed by atoms with Crippen molar-refractivity contribution in [2.45, 2.75) is 17.7 Å². The molecule has 1 fully saturated rings. The molecule has 9 heteroatoms. The van der Waals surface area contributed by atoms with E-state index in [1.807, 2.05) is 7.05 Å². The maximum absolute atomic E-state index is 13.1. The highest BCUT2D eigenvalue weighted by atomic mass is 35.5. The molecule has 0 bridgehead atoms. The smallest absolute Gasteiger partial charge is 0.250 e. The van der Waals surface area contributed by atoms with Crippen LogP contribution in [-0.4, -0.2) is 60.7 Å². The molecule has 0 radical (unpaired) electrons. The van der Waals surface area contributed by atoms with Crippen LogP contribution < -0.4 is 19.5 Å². The lowest BCUT2D eigenvalue weighted by molar-refractivity contribution is 0.268. The van der Waals surface area contributed by atoms with Gasteiger partial charge in [-0.05, 0) is 32.4 Å². The SMILES string of the molecule is CNCC1CCN(S(=O)(=O)c2c(OC)cc(OC)cc2OC)CC1.Cl. The first-order chi connectivity index (χ1) is 11.5. The van der Waals surface area contributed by atoms with Gasteiger partial charge in [-0.25, -0.2) is 8.42 Å². The van der Waals surface area contributed by atoms with E-state index < -0.39 is 10.0 Å². The van der Waals surface area contributed by atoms with Crippen LogP contribution in [0.15, 0.2) is 17.0 Å². The minimum atomic E-state index is -3.70. The Kier molecular flexibility index (Phi) is 8.27. The number of benzene rings is 1. The van der Waals surface area contributed by atoms with Crippen molar-refractivity contribution in [3.8, 4) is 17.2 Å². The van der Waals surface area contributed by atoms with Crippen molar-refractivity contribution in [2.75, 3.05) is 48.0 Å². The van der Waals surface area contributed by atoms with Crippen molar-refractivity contribution in [3.63, 3.8) is 0 Å². The number of ether oxygens (including phenoxy) is 3. The average Bonchev–Trinajstić information content (AvgIpc) is 2.61. The number of halogens is 1. The maximum Gasteiger partial charge on any atom is 0.250 e. The van der Waals surface area contributed by atoms with Gasteiger partial charge in [0.25, 0.3) is 0 Å². The number of hydrogen-bond acceptors (Lipinski definition) is 6. The first-order valence-corrected chi connectivity index (χ1v) is 9.36. The molecule has 144 valence electrons. The van der Waals surface area contributed by atoms with Gasteiger partial charge in [-0.3, -0.25) is 0 Å². The summed E-state index contributed by atoms with van der Waals surface area (Å²) in [5.41, 5.74) is 0. The Hall–Kier alpha value is -1.22. The minimum Gasteiger partial charge on any atom is -0.496 e. The Morgan fingerprint density at radius 2 is 1.60 bits per heavy atom. The maximum atomic E-state index is 13.1. The van der Waals surface area contributed by atoms with Gasteiger partial charge >= 0.3 is 0 Å². The molecule has 2 rings (SSSR count). The molecule has 1 heterocycles. The van der Waals surface area contributed by atoms with Crippen molar-refractivity contribution in [3.05, 3.63) is 12.1 Å². The lowest BCUT2D eigenvalue weighted by Crippen LogP contribution is -2.40. The molecule has 0 aromatic heterocycles. The highest BCUT2D eigenvalue weighted by Crippen LogP contribution is 2.40. The van der Waals surface area contributed by atoms with Crippen molar-refractivity contribution in [1.82, 2.24) is 9.62 Å². The van der Waals surface area contributed by atoms with E-state index in [4.69, 9.17) is 14.2 Å². The topological polar surface area (TPSA) is 77.1 Å². The Morgan fingerprint density at radius 3 is 2.00 bits per heavy atom. The van der Waals surface area contributed by atoms with Gasteiger partial charge in [0, 0.05) is 25.2 Å². The Balaban J connectivity index is 0.00000312. The van der Waals surface area contributed by atoms with E-state index in [1.54, 1.807) is 12.1 Å². The van der Waals surface area contributed by atoms with Crippen LogP contribution in [-0.2, 0) is 10.0 Å². The molecule has 0 saturated carbocycles. The van der Waals surface area contributed by atoms with Gasteiger partial charge in [0.15, 0.2) is 4.90 Å². The highest BCUT2D eigenvalue weighted by Gasteiger charge is 2.34. The van der Waals surface area contributed by atoms with Gasteiger partial charge in [-0.15, -0.1) is 12.4 Å². The molecule has 1 saturated heterocycles. The number of hydrogen-bond donors (Lipinski definition) is 1. The molecule has 7 nitrogen and oxygen atoms in total. The first kappa shape index (κ1) is 21.8. The number of piperidine rings is 1. The molecule has 1 aromatic carbocycles.